The number of benzene rings is 2. The van der Waals surface area contributed by atoms with Gasteiger partial charge in [0.2, 0.25) is 0 Å². The van der Waals surface area contributed by atoms with E-state index in [1.54, 1.807) is 12.3 Å². The van der Waals surface area contributed by atoms with Gasteiger partial charge in [-0.1, -0.05) is 12.1 Å². The van der Waals surface area contributed by atoms with E-state index in [9.17, 15) is 13.2 Å². The van der Waals surface area contributed by atoms with Crippen LogP contribution in [0.2, 0.25) is 0 Å². The maximum absolute atomic E-state index is 12.4. The van der Waals surface area contributed by atoms with Gasteiger partial charge in [-0.25, -0.2) is 4.98 Å². The van der Waals surface area contributed by atoms with E-state index in [1.165, 1.54) is 18.2 Å². The Morgan fingerprint density at radius 1 is 1.04 bits per heavy atom. The maximum atomic E-state index is 12.4. The molecule has 0 unspecified atom stereocenters. The number of nitrogens with zero attached hydrogens (tertiary/aromatic N) is 2. The van der Waals surface area contributed by atoms with Gasteiger partial charge < -0.3 is 4.74 Å². The number of hydrogen-bond acceptors (Lipinski definition) is 3. The van der Waals surface area contributed by atoms with Crippen molar-refractivity contribution in [3.63, 3.8) is 0 Å². The lowest BCUT2D eigenvalue weighted by molar-refractivity contribution is -0.274. The zero-order valence-corrected chi connectivity index (χ0v) is 12.5. The lowest BCUT2D eigenvalue weighted by Crippen LogP contribution is -2.17. The molecular weight excluding hydrogens is 305 g/mol. The lowest BCUT2D eigenvalue weighted by atomic mass is 10.0. The summed E-state index contributed by atoms with van der Waals surface area (Å²) in [6, 6.07) is 9.63. The summed E-state index contributed by atoms with van der Waals surface area (Å²) in [5, 5.41) is 0. The summed E-state index contributed by atoms with van der Waals surface area (Å²) in [7, 11) is 0. The fraction of sp³-hybridized carbons (Fsp3) is 0.176. The number of rotatable bonds is 2. The smallest absolute Gasteiger partial charge is 0.406 e. The second kappa shape index (κ2) is 5.53. The topological polar surface area (TPSA) is 35.0 Å². The minimum atomic E-state index is -4.72. The molecule has 0 radical (unpaired) electrons. The van der Waals surface area contributed by atoms with Gasteiger partial charge in [0.1, 0.15) is 5.75 Å². The Labute approximate surface area is 130 Å². The van der Waals surface area contributed by atoms with Crippen molar-refractivity contribution in [3.8, 4) is 16.9 Å². The van der Waals surface area contributed by atoms with Gasteiger partial charge in [-0.3, -0.25) is 4.98 Å². The van der Waals surface area contributed by atoms with Gasteiger partial charge in [0, 0.05) is 11.8 Å². The fourth-order valence-corrected chi connectivity index (χ4v) is 2.44. The predicted octanol–water partition coefficient (Wildman–Crippen LogP) is 4.81. The number of fused-ring (bicyclic) bond motifs is 1. The third kappa shape index (κ3) is 3.41. The van der Waals surface area contributed by atoms with Crippen LogP contribution in [0, 0.1) is 13.8 Å². The number of halogens is 3. The summed E-state index contributed by atoms with van der Waals surface area (Å²) in [5.41, 5.74) is 4.41. The van der Waals surface area contributed by atoms with Crippen LogP contribution in [0.1, 0.15) is 11.3 Å². The van der Waals surface area contributed by atoms with Crippen molar-refractivity contribution in [2.45, 2.75) is 20.2 Å². The van der Waals surface area contributed by atoms with Crippen LogP contribution in [0.4, 0.5) is 13.2 Å². The van der Waals surface area contributed by atoms with Crippen LogP contribution >= 0.6 is 0 Å². The average molecular weight is 318 g/mol. The van der Waals surface area contributed by atoms with Crippen molar-refractivity contribution in [1.29, 1.82) is 0 Å². The van der Waals surface area contributed by atoms with Crippen molar-refractivity contribution < 1.29 is 17.9 Å². The molecule has 23 heavy (non-hydrogen) atoms. The zero-order valence-electron chi connectivity index (χ0n) is 12.5. The van der Waals surface area contributed by atoms with E-state index in [4.69, 9.17) is 0 Å². The van der Waals surface area contributed by atoms with Crippen LogP contribution in [0.15, 0.2) is 42.6 Å². The van der Waals surface area contributed by atoms with Gasteiger partial charge >= 0.3 is 6.36 Å². The molecule has 2 aromatic carbocycles. The molecule has 0 fully saturated rings. The third-order valence-electron chi connectivity index (χ3n) is 3.29. The highest BCUT2D eigenvalue weighted by atomic mass is 19.4. The number of alkyl halides is 3. The molecule has 0 saturated carbocycles. The molecule has 3 nitrogen and oxygen atoms in total. The highest BCUT2D eigenvalue weighted by Crippen LogP contribution is 2.32. The van der Waals surface area contributed by atoms with E-state index < -0.39 is 6.36 Å². The number of hydrogen-bond donors (Lipinski definition) is 0. The number of aryl methyl sites for hydroxylation is 2. The van der Waals surface area contributed by atoms with Gasteiger partial charge in [-0.05, 0) is 49.2 Å². The van der Waals surface area contributed by atoms with E-state index in [0.717, 1.165) is 16.8 Å². The van der Waals surface area contributed by atoms with Crippen molar-refractivity contribution in [1.82, 2.24) is 9.97 Å². The molecule has 1 aromatic heterocycles. The molecule has 118 valence electrons. The molecule has 0 aliphatic carbocycles. The van der Waals surface area contributed by atoms with Gasteiger partial charge in [0.25, 0.3) is 0 Å². The highest BCUT2D eigenvalue weighted by Gasteiger charge is 2.31. The number of aromatic nitrogens is 2. The minimum absolute atomic E-state index is 0.260. The summed E-state index contributed by atoms with van der Waals surface area (Å²) in [5.74, 6) is -0.260. The molecule has 0 amide bonds. The normalized spacial score (nSPS) is 11.7. The van der Waals surface area contributed by atoms with Crippen molar-refractivity contribution in [3.05, 3.63) is 53.9 Å². The molecule has 6 heteroatoms. The van der Waals surface area contributed by atoms with Crippen LogP contribution in [0.5, 0.6) is 5.75 Å². The Balaban J connectivity index is 2.15. The van der Waals surface area contributed by atoms with E-state index in [2.05, 4.69) is 14.7 Å². The quantitative estimate of drug-likeness (QED) is 0.680. The summed E-state index contributed by atoms with van der Waals surface area (Å²) < 4.78 is 41.2. The first kappa shape index (κ1) is 15.3. The highest BCUT2D eigenvalue weighted by molar-refractivity contribution is 5.92. The van der Waals surface area contributed by atoms with Gasteiger partial charge in [0.05, 0.1) is 16.7 Å². The molecule has 3 aromatic rings. The van der Waals surface area contributed by atoms with Crippen molar-refractivity contribution in [2.75, 3.05) is 0 Å². The SMILES string of the molecule is Cc1cc(-c2cccc(OC(F)(F)F)c2)c2ncc(C)nc2c1. The first-order chi connectivity index (χ1) is 10.8. The summed E-state index contributed by atoms with van der Waals surface area (Å²) in [6.07, 6.45) is -3.08. The van der Waals surface area contributed by atoms with Crippen LogP contribution in [0.3, 0.4) is 0 Å². The largest absolute Gasteiger partial charge is 0.573 e. The molecule has 0 spiro atoms. The monoisotopic (exact) mass is 318 g/mol. The van der Waals surface area contributed by atoms with Crippen LogP contribution in [-0.2, 0) is 0 Å². The number of ether oxygens (including phenoxy) is 1. The first-order valence-electron chi connectivity index (χ1n) is 6.92. The zero-order chi connectivity index (χ0) is 16.6. The lowest BCUT2D eigenvalue weighted by Gasteiger charge is -2.12. The second-order valence-corrected chi connectivity index (χ2v) is 5.27. The molecule has 0 bridgehead atoms. The van der Waals surface area contributed by atoms with Crippen LogP contribution in [0.25, 0.3) is 22.2 Å². The molecule has 1 heterocycles. The Kier molecular flexibility index (Phi) is 3.67. The Morgan fingerprint density at radius 3 is 2.57 bits per heavy atom. The summed E-state index contributed by atoms with van der Waals surface area (Å²) >= 11 is 0. The van der Waals surface area contributed by atoms with Gasteiger partial charge in [-0.2, -0.15) is 0 Å². The second-order valence-electron chi connectivity index (χ2n) is 5.27. The molecule has 0 atom stereocenters. The molecule has 0 saturated heterocycles. The molecular formula is C17H13F3N2O. The average Bonchev–Trinajstić information content (AvgIpc) is 2.44. The fourth-order valence-electron chi connectivity index (χ4n) is 2.44. The van der Waals surface area contributed by atoms with E-state index >= 15 is 0 Å². The Hall–Kier alpha value is -2.63. The van der Waals surface area contributed by atoms with Gasteiger partial charge in [0.15, 0.2) is 0 Å². The van der Waals surface area contributed by atoms with Crippen LogP contribution in [-0.4, -0.2) is 16.3 Å². The summed E-state index contributed by atoms with van der Waals surface area (Å²) in [4.78, 5) is 8.81. The summed E-state index contributed by atoms with van der Waals surface area (Å²) in [6.45, 7) is 3.75. The van der Waals surface area contributed by atoms with Crippen LogP contribution < -0.4 is 4.74 Å². The third-order valence-corrected chi connectivity index (χ3v) is 3.29. The predicted molar refractivity (Wildman–Crippen MR) is 81.1 cm³/mol. The standard InChI is InChI=1S/C17H13F3N2O/c1-10-6-14(16-15(7-10)22-11(2)9-21-16)12-4-3-5-13(8-12)23-17(18,19)20/h3-9H,1-2H3. The molecule has 3 rings (SSSR count). The molecule has 0 aliphatic rings. The van der Waals surface area contributed by atoms with E-state index in [1.807, 2.05) is 26.0 Å². The molecule has 0 N–H and O–H groups in total. The Morgan fingerprint density at radius 2 is 1.83 bits per heavy atom. The maximum Gasteiger partial charge on any atom is 0.573 e. The molecule has 0 aliphatic heterocycles. The van der Waals surface area contributed by atoms with E-state index in [0.29, 0.717) is 16.6 Å². The van der Waals surface area contributed by atoms with Gasteiger partial charge in [-0.15, -0.1) is 13.2 Å². The minimum Gasteiger partial charge on any atom is -0.406 e. The van der Waals surface area contributed by atoms with Crippen molar-refractivity contribution >= 4 is 11.0 Å². The van der Waals surface area contributed by atoms with Crippen molar-refractivity contribution in [2.24, 2.45) is 0 Å². The first-order valence-corrected chi connectivity index (χ1v) is 6.92. The van der Waals surface area contributed by atoms with E-state index in [-0.39, 0.29) is 5.75 Å². The Bertz CT molecular complexity index is 870.